The van der Waals surface area contributed by atoms with Crippen LogP contribution in [-0.2, 0) is 6.42 Å². The summed E-state index contributed by atoms with van der Waals surface area (Å²) in [5, 5.41) is 14.0. The van der Waals surface area contributed by atoms with Gasteiger partial charge in [-0.1, -0.05) is 6.92 Å². The number of carbonyl (C=O) groups is 1. The molecule has 0 unspecified atom stereocenters. The van der Waals surface area contributed by atoms with Crippen LogP contribution < -0.4 is 4.90 Å². The standard InChI is InChI=1S/C6H8N2O3/c1-2-3-5-6(4-9)8(10)11-7-5/h4H,2-3H2,1H3. The van der Waals surface area contributed by atoms with Gasteiger partial charge >= 0.3 is 0 Å². The number of aryl methyl sites for hydroxylation is 1. The number of rotatable bonds is 3. The quantitative estimate of drug-likeness (QED) is 0.458. The van der Waals surface area contributed by atoms with Crippen LogP contribution in [0.2, 0.25) is 0 Å². The van der Waals surface area contributed by atoms with Gasteiger partial charge in [0.25, 0.3) is 5.69 Å². The third-order valence-electron chi connectivity index (χ3n) is 1.32. The van der Waals surface area contributed by atoms with Crippen LogP contribution in [0.25, 0.3) is 0 Å². The third kappa shape index (κ3) is 1.36. The molecule has 0 saturated carbocycles. The molecule has 1 aromatic rings. The van der Waals surface area contributed by atoms with Gasteiger partial charge in [0.2, 0.25) is 5.69 Å². The molecule has 0 atom stereocenters. The number of aldehydes is 1. The molecule has 1 heterocycles. The van der Waals surface area contributed by atoms with Crippen molar-refractivity contribution in [3.05, 3.63) is 16.6 Å². The lowest BCUT2D eigenvalue weighted by atomic mass is 10.2. The molecule has 0 N–H and O–H groups in total. The SMILES string of the molecule is CCCc1no[n+]([O-])c1C=O. The average molecular weight is 156 g/mol. The zero-order valence-corrected chi connectivity index (χ0v) is 6.11. The largest absolute Gasteiger partial charge is 0.359 e. The summed E-state index contributed by atoms with van der Waals surface area (Å²) < 4.78 is 4.22. The Morgan fingerprint density at radius 3 is 3.09 bits per heavy atom. The van der Waals surface area contributed by atoms with E-state index in [-0.39, 0.29) is 10.6 Å². The van der Waals surface area contributed by atoms with Gasteiger partial charge in [0.15, 0.2) is 6.29 Å². The van der Waals surface area contributed by atoms with Crippen LogP contribution in [0.4, 0.5) is 0 Å². The molecule has 0 radical (unpaired) electrons. The lowest BCUT2D eigenvalue weighted by Gasteiger charge is -1.85. The molecule has 0 saturated heterocycles. The Labute approximate surface area is 63.1 Å². The summed E-state index contributed by atoms with van der Waals surface area (Å²) in [5.41, 5.74) is 0.407. The van der Waals surface area contributed by atoms with Crippen molar-refractivity contribution in [3.63, 3.8) is 0 Å². The summed E-state index contributed by atoms with van der Waals surface area (Å²) >= 11 is 0. The highest BCUT2D eigenvalue weighted by Crippen LogP contribution is 2.00. The highest BCUT2D eigenvalue weighted by molar-refractivity contribution is 5.70. The maximum absolute atomic E-state index is 10.6. The van der Waals surface area contributed by atoms with Crippen molar-refractivity contribution in [1.29, 1.82) is 0 Å². The first kappa shape index (κ1) is 7.71. The molecule has 1 aromatic heterocycles. The second-order valence-electron chi connectivity index (χ2n) is 2.13. The van der Waals surface area contributed by atoms with Crippen LogP contribution >= 0.6 is 0 Å². The van der Waals surface area contributed by atoms with Crippen molar-refractivity contribution in [2.24, 2.45) is 0 Å². The maximum atomic E-state index is 10.6. The number of carbonyl (C=O) groups excluding carboxylic acids is 1. The van der Waals surface area contributed by atoms with Crippen LogP contribution in [0.15, 0.2) is 4.63 Å². The predicted octanol–water partition coefficient (Wildman–Crippen LogP) is 0.0730. The number of nitrogens with zero attached hydrogens (tertiary/aromatic N) is 2. The predicted molar refractivity (Wildman–Crippen MR) is 34.8 cm³/mol. The van der Waals surface area contributed by atoms with Crippen LogP contribution in [0, 0.1) is 5.21 Å². The average Bonchev–Trinajstić information content (AvgIpc) is 2.33. The van der Waals surface area contributed by atoms with Gasteiger partial charge in [0.1, 0.15) is 0 Å². The van der Waals surface area contributed by atoms with Gasteiger partial charge in [-0.2, -0.15) is 0 Å². The van der Waals surface area contributed by atoms with Crippen LogP contribution in [0.5, 0.6) is 0 Å². The minimum Gasteiger partial charge on any atom is -0.359 e. The smallest absolute Gasteiger partial charge is 0.261 e. The van der Waals surface area contributed by atoms with Crippen LogP contribution in [0.3, 0.4) is 0 Å². The lowest BCUT2D eigenvalue weighted by molar-refractivity contribution is -0.803. The molecule has 0 bridgehead atoms. The maximum Gasteiger partial charge on any atom is 0.261 e. The van der Waals surface area contributed by atoms with E-state index in [2.05, 4.69) is 9.79 Å². The summed E-state index contributed by atoms with van der Waals surface area (Å²) in [7, 11) is 0. The Hall–Kier alpha value is -1.39. The Balaban J connectivity index is 2.95. The van der Waals surface area contributed by atoms with Crippen molar-refractivity contribution >= 4 is 6.29 Å². The summed E-state index contributed by atoms with van der Waals surface area (Å²) in [6.07, 6.45) is 1.87. The minimum absolute atomic E-state index is 0.0214. The molecule has 0 amide bonds. The summed E-state index contributed by atoms with van der Waals surface area (Å²) in [6.45, 7) is 1.93. The molecule has 0 fully saturated rings. The van der Waals surface area contributed by atoms with Gasteiger partial charge in [-0.25, -0.2) is 0 Å². The van der Waals surface area contributed by atoms with E-state index < -0.39 is 0 Å². The van der Waals surface area contributed by atoms with Gasteiger partial charge in [-0.3, -0.25) is 9.42 Å². The normalized spacial score (nSPS) is 9.91. The van der Waals surface area contributed by atoms with Gasteiger partial charge < -0.3 is 5.21 Å². The number of hydrogen-bond acceptors (Lipinski definition) is 4. The van der Waals surface area contributed by atoms with E-state index >= 15 is 0 Å². The van der Waals surface area contributed by atoms with E-state index in [1.807, 2.05) is 6.92 Å². The molecular weight excluding hydrogens is 148 g/mol. The second kappa shape index (κ2) is 3.14. The zero-order valence-electron chi connectivity index (χ0n) is 6.11. The van der Waals surface area contributed by atoms with Crippen molar-refractivity contribution in [3.8, 4) is 0 Å². The van der Waals surface area contributed by atoms with E-state index in [0.717, 1.165) is 6.42 Å². The Morgan fingerprint density at radius 2 is 2.55 bits per heavy atom. The minimum atomic E-state index is -0.0214. The topological polar surface area (TPSA) is 70.0 Å². The second-order valence-corrected chi connectivity index (χ2v) is 2.13. The highest BCUT2D eigenvalue weighted by atomic mass is 16.8. The first-order chi connectivity index (χ1) is 5.29. The van der Waals surface area contributed by atoms with E-state index in [1.165, 1.54) is 0 Å². The molecule has 0 aliphatic carbocycles. The first-order valence-corrected chi connectivity index (χ1v) is 3.33. The van der Waals surface area contributed by atoms with E-state index in [4.69, 9.17) is 0 Å². The molecule has 0 aliphatic rings. The van der Waals surface area contributed by atoms with Crippen molar-refractivity contribution < 1.29 is 14.3 Å². The van der Waals surface area contributed by atoms with Crippen molar-refractivity contribution in [1.82, 2.24) is 5.16 Å². The molecule has 60 valence electrons. The Bertz CT molecular complexity index is 256. The number of aromatic nitrogens is 2. The van der Waals surface area contributed by atoms with Crippen molar-refractivity contribution in [2.45, 2.75) is 19.8 Å². The van der Waals surface area contributed by atoms with Crippen LogP contribution in [-0.4, -0.2) is 11.4 Å². The highest BCUT2D eigenvalue weighted by Gasteiger charge is 2.16. The Morgan fingerprint density at radius 1 is 1.82 bits per heavy atom. The van der Waals surface area contributed by atoms with E-state index in [9.17, 15) is 10.0 Å². The molecule has 0 aliphatic heterocycles. The lowest BCUT2D eigenvalue weighted by Crippen LogP contribution is -2.28. The van der Waals surface area contributed by atoms with Gasteiger partial charge in [-0.05, 0) is 11.3 Å². The van der Waals surface area contributed by atoms with Crippen LogP contribution in [0.1, 0.15) is 29.5 Å². The van der Waals surface area contributed by atoms with Crippen molar-refractivity contribution in [2.75, 3.05) is 0 Å². The molecule has 0 spiro atoms. The fraction of sp³-hybridized carbons (Fsp3) is 0.500. The van der Waals surface area contributed by atoms with E-state index in [1.54, 1.807) is 0 Å². The summed E-state index contributed by atoms with van der Waals surface area (Å²) in [4.78, 5) is 10.4. The van der Waals surface area contributed by atoms with Gasteiger partial charge in [-0.15, -0.1) is 0 Å². The molecule has 0 aromatic carbocycles. The summed E-state index contributed by atoms with van der Waals surface area (Å²) in [5.74, 6) is 0. The fourth-order valence-corrected chi connectivity index (χ4v) is 0.804. The fourth-order valence-electron chi connectivity index (χ4n) is 0.804. The van der Waals surface area contributed by atoms with Gasteiger partial charge in [0, 0.05) is 11.6 Å². The molecule has 5 nitrogen and oxygen atoms in total. The Kier molecular flexibility index (Phi) is 2.20. The summed E-state index contributed by atoms with van der Waals surface area (Å²) in [6, 6.07) is 0. The molecule has 11 heavy (non-hydrogen) atoms. The number of hydrogen-bond donors (Lipinski definition) is 0. The first-order valence-electron chi connectivity index (χ1n) is 3.33. The molecular formula is C6H8N2O3. The van der Waals surface area contributed by atoms with E-state index in [0.29, 0.717) is 18.4 Å². The molecule has 5 heteroatoms. The molecule has 1 rings (SSSR count). The zero-order chi connectivity index (χ0) is 8.27. The van der Waals surface area contributed by atoms with Gasteiger partial charge in [0.05, 0.1) is 0 Å². The third-order valence-corrected chi connectivity index (χ3v) is 1.32. The monoisotopic (exact) mass is 156 g/mol.